The van der Waals surface area contributed by atoms with Crippen LogP contribution in [0.25, 0.3) is 0 Å². The first-order valence-corrected chi connectivity index (χ1v) is 6.64. The average Bonchev–Trinajstić information content (AvgIpc) is 2.16. The SMILES string of the molecule is COCCS(=O)(=O)N1CCC(C)CC1. The Morgan fingerprint density at radius 2 is 1.93 bits per heavy atom. The number of hydrogen-bond donors (Lipinski definition) is 0. The van der Waals surface area contributed by atoms with Crippen molar-refractivity contribution in [1.82, 2.24) is 4.31 Å². The molecule has 1 aliphatic heterocycles. The molecule has 0 radical (unpaired) electrons. The molecule has 84 valence electrons. The molecule has 0 aliphatic carbocycles. The molecule has 1 saturated heterocycles. The zero-order chi connectivity index (χ0) is 10.6. The van der Waals surface area contributed by atoms with Crippen molar-refractivity contribution >= 4 is 10.0 Å². The molecule has 0 N–H and O–H groups in total. The molecule has 1 aliphatic rings. The van der Waals surface area contributed by atoms with Crippen molar-refractivity contribution in [2.75, 3.05) is 32.6 Å². The minimum Gasteiger partial charge on any atom is -0.384 e. The van der Waals surface area contributed by atoms with E-state index in [2.05, 4.69) is 6.92 Å². The highest BCUT2D eigenvalue weighted by molar-refractivity contribution is 7.89. The van der Waals surface area contributed by atoms with Gasteiger partial charge in [0.15, 0.2) is 0 Å². The third-order valence-corrected chi connectivity index (χ3v) is 4.52. The lowest BCUT2D eigenvalue weighted by atomic mass is 10.0. The predicted octanol–water partition coefficient (Wildman–Crippen LogP) is 0.694. The second-order valence-electron chi connectivity index (χ2n) is 3.89. The summed E-state index contributed by atoms with van der Waals surface area (Å²) in [4.78, 5) is 0. The fourth-order valence-corrected chi connectivity index (χ4v) is 2.98. The van der Waals surface area contributed by atoms with Crippen molar-refractivity contribution in [2.24, 2.45) is 5.92 Å². The highest BCUT2D eigenvalue weighted by Gasteiger charge is 2.25. The summed E-state index contributed by atoms with van der Waals surface area (Å²) in [7, 11) is -1.54. The molecule has 0 atom stereocenters. The largest absolute Gasteiger partial charge is 0.384 e. The van der Waals surface area contributed by atoms with E-state index in [9.17, 15) is 8.42 Å². The lowest BCUT2D eigenvalue weighted by Crippen LogP contribution is -2.39. The first-order chi connectivity index (χ1) is 6.56. The topological polar surface area (TPSA) is 46.6 Å². The summed E-state index contributed by atoms with van der Waals surface area (Å²) in [5.41, 5.74) is 0. The van der Waals surface area contributed by atoms with Gasteiger partial charge in [0.05, 0.1) is 12.4 Å². The van der Waals surface area contributed by atoms with Gasteiger partial charge in [0.1, 0.15) is 0 Å². The molecule has 1 heterocycles. The quantitative estimate of drug-likeness (QED) is 0.702. The second kappa shape index (κ2) is 5.09. The van der Waals surface area contributed by atoms with Crippen LogP contribution in [0.1, 0.15) is 19.8 Å². The van der Waals surface area contributed by atoms with Gasteiger partial charge in [-0.1, -0.05) is 6.92 Å². The number of methoxy groups -OCH3 is 1. The van der Waals surface area contributed by atoms with Gasteiger partial charge < -0.3 is 4.74 Å². The monoisotopic (exact) mass is 221 g/mol. The van der Waals surface area contributed by atoms with E-state index in [-0.39, 0.29) is 12.4 Å². The van der Waals surface area contributed by atoms with Crippen molar-refractivity contribution in [3.63, 3.8) is 0 Å². The van der Waals surface area contributed by atoms with Crippen LogP contribution in [-0.2, 0) is 14.8 Å². The molecule has 0 amide bonds. The number of ether oxygens (including phenoxy) is 1. The average molecular weight is 221 g/mol. The Hall–Kier alpha value is -0.130. The van der Waals surface area contributed by atoms with Crippen LogP contribution in [0.4, 0.5) is 0 Å². The summed E-state index contributed by atoms with van der Waals surface area (Å²) >= 11 is 0. The van der Waals surface area contributed by atoms with Crippen molar-refractivity contribution in [3.05, 3.63) is 0 Å². The summed E-state index contributed by atoms with van der Waals surface area (Å²) < 4.78 is 29.8. The van der Waals surface area contributed by atoms with Crippen LogP contribution in [0.15, 0.2) is 0 Å². The number of sulfonamides is 1. The van der Waals surface area contributed by atoms with E-state index in [4.69, 9.17) is 4.74 Å². The Balaban J connectivity index is 2.47. The standard InChI is InChI=1S/C9H19NO3S/c1-9-3-5-10(6-4-9)14(11,12)8-7-13-2/h9H,3-8H2,1-2H3. The van der Waals surface area contributed by atoms with Gasteiger partial charge in [-0.05, 0) is 18.8 Å². The Kier molecular flexibility index (Phi) is 4.34. The molecular formula is C9H19NO3S. The van der Waals surface area contributed by atoms with Gasteiger partial charge >= 0.3 is 0 Å². The Morgan fingerprint density at radius 1 is 1.36 bits per heavy atom. The van der Waals surface area contributed by atoms with Gasteiger partial charge in [-0.15, -0.1) is 0 Å². The van der Waals surface area contributed by atoms with Gasteiger partial charge in [0, 0.05) is 20.2 Å². The van der Waals surface area contributed by atoms with E-state index in [1.807, 2.05) is 0 Å². The fourth-order valence-electron chi connectivity index (χ4n) is 1.58. The zero-order valence-corrected chi connectivity index (χ0v) is 9.72. The number of rotatable bonds is 4. The van der Waals surface area contributed by atoms with Crippen LogP contribution in [-0.4, -0.2) is 45.3 Å². The first-order valence-electron chi connectivity index (χ1n) is 5.03. The van der Waals surface area contributed by atoms with Crippen LogP contribution in [0.5, 0.6) is 0 Å². The fraction of sp³-hybridized carbons (Fsp3) is 1.00. The third-order valence-electron chi connectivity index (χ3n) is 2.68. The van der Waals surface area contributed by atoms with Gasteiger partial charge in [-0.2, -0.15) is 0 Å². The molecule has 0 aromatic heterocycles. The highest BCUT2D eigenvalue weighted by atomic mass is 32.2. The number of piperidine rings is 1. The minimum absolute atomic E-state index is 0.109. The van der Waals surface area contributed by atoms with E-state index in [1.165, 1.54) is 7.11 Å². The van der Waals surface area contributed by atoms with Crippen LogP contribution < -0.4 is 0 Å². The molecule has 0 saturated carbocycles. The summed E-state index contributed by atoms with van der Waals surface area (Å²) in [6.07, 6.45) is 1.96. The van der Waals surface area contributed by atoms with E-state index < -0.39 is 10.0 Å². The van der Waals surface area contributed by atoms with Gasteiger partial charge in [-0.3, -0.25) is 0 Å². The van der Waals surface area contributed by atoms with Crippen molar-refractivity contribution in [2.45, 2.75) is 19.8 Å². The molecule has 0 aromatic rings. The number of nitrogens with zero attached hydrogens (tertiary/aromatic N) is 1. The van der Waals surface area contributed by atoms with Crippen LogP contribution in [0.2, 0.25) is 0 Å². The molecule has 0 bridgehead atoms. The van der Waals surface area contributed by atoms with Crippen molar-refractivity contribution in [1.29, 1.82) is 0 Å². The Labute approximate surface area is 86.3 Å². The Bertz CT molecular complexity index is 255. The van der Waals surface area contributed by atoms with Crippen LogP contribution in [0.3, 0.4) is 0 Å². The summed E-state index contributed by atoms with van der Waals surface area (Å²) in [5, 5.41) is 0. The first kappa shape index (κ1) is 11.9. The minimum atomic E-state index is -3.06. The maximum absolute atomic E-state index is 11.7. The highest BCUT2D eigenvalue weighted by Crippen LogP contribution is 2.18. The van der Waals surface area contributed by atoms with E-state index >= 15 is 0 Å². The van der Waals surface area contributed by atoms with Crippen LogP contribution in [0, 0.1) is 5.92 Å². The lowest BCUT2D eigenvalue weighted by Gasteiger charge is -2.29. The number of hydrogen-bond acceptors (Lipinski definition) is 3. The van der Waals surface area contributed by atoms with E-state index in [0.717, 1.165) is 12.8 Å². The second-order valence-corrected chi connectivity index (χ2v) is 5.98. The molecule has 5 heteroatoms. The van der Waals surface area contributed by atoms with E-state index in [0.29, 0.717) is 19.0 Å². The summed E-state index contributed by atoms with van der Waals surface area (Å²) in [6.45, 7) is 3.80. The molecule has 0 spiro atoms. The maximum atomic E-state index is 11.7. The summed E-state index contributed by atoms with van der Waals surface area (Å²) in [5.74, 6) is 0.765. The molecule has 1 fully saturated rings. The maximum Gasteiger partial charge on any atom is 0.216 e. The van der Waals surface area contributed by atoms with Crippen molar-refractivity contribution < 1.29 is 13.2 Å². The molecule has 1 rings (SSSR count). The van der Waals surface area contributed by atoms with Gasteiger partial charge in [0.25, 0.3) is 0 Å². The molecule has 0 unspecified atom stereocenters. The smallest absolute Gasteiger partial charge is 0.216 e. The zero-order valence-electron chi connectivity index (χ0n) is 8.90. The van der Waals surface area contributed by atoms with Gasteiger partial charge in [-0.25, -0.2) is 12.7 Å². The molecule has 14 heavy (non-hydrogen) atoms. The third kappa shape index (κ3) is 3.22. The normalized spacial score (nSPS) is 21.3. The predicted molar refractivity (Wildman–Crippen MR) is 55.6 cm³/mol. The Morgan fingerprint density at radius 3 is 2.43 bits per heavy atom. The molecule has 0 aromatic carbocycles. The van der Waals surface area contributed by atoms with Gasteiger partial charge in [0.2, 0.25) is 10.0 Å². The lowest BCUT2D eigenvalue weighted by molar-refractivity contribution is 0.213. The summed E-state index contributed by atoms with van der Waals surface area (Å²) in [6, 6.07) is 0. The van der Waals surface area contributed by atoms with E-state index in [1.54, 1.807) is 4.31 Å². The van der Waals surface area contributed by atoms with Crippen molar-refractivity contribution in [3.8, 4) is 0 Å². The molecule has 4 nitrogen and oxygen atoms in total. The van der Waals surface area contributed by atoms with Crippen LogP contribution >= 0.6 is 0 Å². The molecular weight excluding hydrogens is 202 g/mol.